The first-order chi connectivity index (χ1) is 16.0. The molecule has 4 rings (SSSR count). The smallest absolute Gasteiger partial charge is 0.321 e. The molecule has 11 nitrogen and oxygen atoms in total. The third-order valence-corrected chi connectivity index (χ3v) is 6.84. The van der Waals surface area contributed by atoms with E-state index in [1.807, 2.05) is 32.7 Å². The van der Waals surface area contributed by atoms with E-state index in [1.165, 1.54) is 7.11 Å². The summed E-state index contributed by atoms with van der Waals surface area (Å²) in [5, 5.41) is 20.5. The number of amides is 2. The molecule has 2 aliphatic rings. The minimum atomic E-state index is -0.659. The number of nitrogens with zero attached hydrogens (tertiary/aromatic N) is 6. The van der Waals surface area contributed by atoms with E-state index in [0.717, 1.165) is 17.5 Å². The summed E-state index contributed by atoms with van der Waals surface area (Å²) in [7, 11) is 3.48. The van der Waals surface area contributed by atoms with Crippen LogP contribution in [-0.2, 0) is 23.4 Å². The zero-order valence-corrected chi connectivity index (χ0v) is 20.5. The Labute approximate surface area is 198 Å². The van der Waals surface area contributed by atoms with Gasteiger partial charge < -0.3 is 25.0 Å². The second-order valence-electron chi connectivity index (χ2n) is 9.64. The summed E-state index contributed by atoms with van der Waals surface area (Å²) >= 11 is 0. The number of nitrogens with one attached hydrogen (secondary N) is 2. The van der Waals surface area contributed by atoms with Gasteiger partial charge in [0, 0.05) is 31.8 Å². The molecular formula is C22H33FN8O3. The monoisotopic (exact) mass is 476 g/mol. The van der Waals surface area contributed by atoms with Crippen LogP contribution in [0.4, 0.5) is 20.8 Å². The van der Waals surface area contributed by atoms with E-state index >= 15 is 0 Å². The first kappa shape index (κ1) is 24.3. The lowest BCUT2D eigenvalue weighted by atomic mass is 10.0. The molecule has 3 N–H and O–H groups in total. The molecule has 2 aromatic heterocycles. The normalized spacial score (nSPS) is 23.2. The van der Waals surface area contributed by atoms with Gasteiger partial charge in [-0.3, -0.25) is 10.00 Å². The molecule has 0 aromatic carbocycles. The molecule has 0 radical (unpaired) electrons. The van der Waals surface area contributed by atoms with Gasteiger partial charge in [0.25, 0.3) is 0 Å². The molecular weight excluding hydrogens is 443 g/mol. The number of methoxy groups -OCH3 is 1. The largest absolute Gasteiger partial charge is 0.392 e. The van der Waals surface area contributed by atoms with Crippen molar-refractivity contribution in [2.75, 3.05) is 32.6 Å². The fourth-order valence-electron chi connectivity index (χ4n) is 4.84. The Bertz CT molecular complexity index is 1060. The number of aromatic amines is 1. The lowest BCUT2D eigenvalue weighted by molar-refractivity contribution is -0.00465. The molecule has 0 saturated carbocycles. The highest BCUT2D eigenvalue weighted by Gasteiger charge is 2.47. The Morgan fingerprint density at radius 2 is 2.15 bits per heavy atom. The Hall–Kier alpha value is -2.83. The van der Waals surface area contributed by atoms with Crippen molar-refractivity contribution in [3.8, 4) is 0 Å². The van der Waals surface area contributed by atoms with Crippen molar-refractivity contribution < 1.29 is 19.0 Å². The van der Waals surface area contributed by atoms with E-state index in [-0.39, 0.29) is 30.5 Å². The Balaban J connectivity index is 1.57. The third-order valence-electron chi connectivity index (χ3n) is 6.84. The summed E-state index contributed by atoms with van der Waals surface area (Å²) < 4.78 is 19.4. The number of aromatic nitrogens is 4. The van der Waals surface area contributed by atoms with Crippen LogP contribution in [-0.4, -0.2) is 91.4 Å². The molecule has 1 saturated heterocycles. The van der Waals surface area contributed by atoms with Gasteiger partial charge in [0.1, 0.15) is 6.61 Å². The summed E-state index contributed by atoms with van der Waals surface area (Å²) in [5.41, 5.74) is 0.899. The number of urea groups is 1. The van der Waals surface area contributed by atoms with Gasteiger partial charge in [0.15, 0.2) is 23.3 Å². The molecule has 4 heterocycles. The number of aliphatic hydroxyl groups is 1. The van der Waals surface area contributed by atoms with Gasteiger partial charge >= 0.3 is 6.03 Å². The molecule has 2 unspecified atom stereocenters. The molecule has 3 atom stereocenters. The summed E-state index contributed by atoms with van der Waals surface area (Å²) in [6.07, 6.45) is 0.529. The van der Waals surface area contributed by atoms with Crippen molar-refractivity contribution in [1.82, 2.24) is 34.9 Å². The van der Waals surface area contributed by atoms with Crippen LogP contribution in [0.5, 0.6) is 0 Å². The maximum atomic E-state index is 14.4. The fourth-order valence-corrected chi connectivity index (χ4v) is 4.84. The van der Waals surface area contributed by atoms with E-state index in [1.54, 1.807) is 11.8 Å². The highest BCUT2D eigenvalue weighted by molar-refractivity contribution is 5.78. The number of hydrogen-bond donors (Lipinski definition) is 3. The molecule has 2 aliphatic heterocycles. The molecule has 2 aromatic rings. The maximum absolute atomic E-state index is 14.4. The summed E-state index contributed by atoms with van der Waals surface area (Å²) in [4.78, 5) is 27.5. The molecule has 0 bridgehead atoms. The van der Waals surface area contributed by atoms with E-state index in [9.17, 15) is 14.3 Å². The number of rotatable bonds is 5. The molecule has 34 heavy (non-hydrogen) atoms. The molecule has 1 fully saturated rings. The topological polar surface area (TPSA) is 123 Å². The van der Waals surface area contributed by atoms with E-state index < -0.39 is 17.5 Å². The van der Waals surface area contributed by atoms with Gasteiger partial charge in [-0.15, -0.1) is 0 Å². The number of anilines is 2. The molecule has 12 heteroatoms. The van der Waals surface area contributed by atoms with Gasteiger partial charge in [-0.2, -0.15) is 5.10 Å². The van der Waals surface area contributed by atoms with E-state index in [2.05, 4.69) is 30.4 Å². The quantitative estimate of drug-likeness (QED) is 0.597. The second-order valence-corrected chi connectivity index (χ2v) is 9.64. The molecule has 186 valence electrons. The van der Waals surface area contributed by atoms with Crippen LogP contribution in [0.1, 0.15) is 44.8 Å². The Kier molecular flexibility index (Phi) is 6.49. The van der Waals surface area contributed by atoms with Gasteiger partial charge in [-0.25, -0.2) is 19.2 Å². The second kappa shape index (κ2) is 9.08. The number of likely N-dealkylation sites (N-methyl/N-ethyl adjacent to an activating group) is 1. The van der Waals surface area contributed by atoms with Crippen molar-refractivity contribution in [2.45, 2.75) is 64.6 Å². The average molecular weight is 477 g/mol. The number of ether oxygens (including phenoxy) is 1. The minimum Gasteiger partial charge on any atom is -0.392 e. The van der Waals surface area contributed by atoms with Crippen LogP contribution in [0, 0.1) is 5.82 Å². The standard InChI is InChI=1S/C22H33FN8O3/c1-12-8-29(5)16(13(2)32)10-30(12)21(33)31-9-14-18(22(31,3)4)27-28-19(14)26-20-15(23)7-24-17(25-20)11-34-6/h7,12-13,16,32H,8-11H2,1-6H3,(H2,24,25,26,27,28)/t12-,13?,16?/m0/s1. The average Bonchev–Trinajstić information content (AvgIpc) is 3.28. The number of fused-ring (bicyclic) bond motifs is 1. The molecule has 2 amide bonds. The van der Waals surface area contributed by atoms with Crippen molar-refractivity contribution in [1.29, 1.82) is 0 Å². The lowest BCUT2D eigenvalue weighted by Crippen LogP contribution is -2.63. The predicted molar refractivity (Wildman–Crippen MR) is 123 cm³/mol. The zero-order chi connectivity index (χ0) is 24.8. The molecule has 0 aliphatic carbocycles. The Morgan fingerprint density at radius 1 is 1.41 bits per heavy atom. The van der Waals surface area contributed by atoms with Crippen LogP contribution in [0.3, 0.4) is 0 Å². The summed E-state index contributed by atoms with van der Waals surface area (Å²) in [6, 6.07) is -0.251. The van der Waals surface area contributed by atoms with Crippen LogP contribution in [0.2, 0.25) is 0 Å². The third kappa shape index (κ3) is 4.21. The van der Waals surface area contributed by atoms with E-state index in [4.69, 9.17) is 4.74 Å². The first-order valence-corrected chi connectivity index (χ1v) is 11.4. The summed E-state index contributed by atoms with van der Waals surface area (Å²) in [5.74, 6) is 0.128. The number of halogens is 1. The van der Waals surface area contributed by atoms with Crippen molar-refractivity contribution >= 4 is 17.7 Å². The highest BCUT2D eigenvalue weighted by Crippen LogP contribution is 2.42. The zero-order valence-electron chi connectivity index (χ0n) is 20.5. The van der Waals surface area contributed by atoms with Gasteiger partial charge in [-0.05, 0) is 34.7 Å². The van der Waals surface area contributed by atoms with Crippen molar-refractivity contribution in [3.63, 3.8) is 0 Å². The van der Waals surface area contributed by atoms with Crippen LogP contribution < -0.4 is 5.32 Å². The van der Waals surface area contributed by atoms with Crippen molar-refractivity contribution in [2.24, 2.45) is 0 Å². The number of piperazine rings is 1. The minimum absolute atomic E-state index is 0.00715. The number of carbonyl (C=O) groups excluding carboxylic acids is 1. The number of hydrogen-bond acceptors (Lipinski definition) is 8. The lowest BCUT2D eigenvalue weighted by Gasteiger charge is -2.47. The SMILES string of the molecule is COCc1ncc(F)c(Nc2n[nH]c3c2CN(C(=O)N2CC(C(C)O)N(C)C[C@@H]2C)C3(C)C)n1. The van der Waals surface area contributed by atoms with E-state index in [0.29, 0.717) is 31.3 Å². The summed E-state index contributed by atoms with van der Waals surface area (Å²) in [6.45, 7) is 9.23. The molecule has 0 spiro atoms. The van der Waals surface area contributed by atoms with Gasteiger partial charge in [0.05, 0.1) is 36.1 Å². The number of H-pyrrole nitrogens is 1. The fraction of sp³-hybridized carbons (Fsp3) is 0.636. The van der Waals surface area contributed by atoms with Crippen LogP contribution in [0.15, 0.2) is 6.20 Å². The number of carbonyl (C=O) groups is 1. The Morgan fingerprint density at radius 3 is 2.82 bits per heavy atom. The van der Waals surface area contributed by atoms with Crippen LogP contribution >= 0.6 is 0 Å². The van der Waals surface area contributed by atoms with Gasteiger partial charge in [-0.1, -0.05) is 0 Å². The predicted octanol–water partition coefficient (Wildman–Crippen LogP) is 1.78. The van der Waals surface area contributed by atoms with Crippen LogP contribution in [0.25, 0.3) is 0 Å². The number of aliphatic hydroxyl groups excluding tert-OH is 1. The van der Waals surface area contributed by atoms with Crippen molar-refractivity contribution in [3.05, 3.63) is 29.1 Å². The maximum Gasteiger partial charge on any atom is 0.321 e. The first-order valence-electron chi connectivity index (χ1n) is 11.4. The highest BCUT2D eigenvalue weighted by atomic mass is 19.1. The van der Waals surface area contributed by atoms with Gasteiger partial charge in [0.2, 0.25) is 0 Å².